The average Bonchev–Trinajstić information content (AvgIpc) is 3.18. The van der Waals surface area contributed by atoms with Crippen molar-refractivity contribution in [2.75, 3.05) is 13.1 Å². The van der Waals surface area contributed by atoms with Crippen LogP contribution in [0.15, 0.2) is 48.2 Å². The van der Waals surface area contributed by atoms with Gasteiger partial charge in [-0.15, -0.1) is 0 Å². The summed E-state index contributed by atoms with van der Waals surface area (Å²) in [6.07, 6.45) is 9.77. The molecule has 26 heavy (non-hydrogen) atoms. The molecule has 6 rings (SSSR count). The number of H-pyrrole nitrogens is 2. The monoisotopic (exact) mass is 341 g/mol. The fourth-order valence-corrected chi connectivity index (χ4v) is 4.05. The lowest BCUT2D eigenvalue weighted by Crippen LogP contribution is -2.19. The molecule has 1 saturated heterocycles. The van der Waals surface area contributed by atoms with Gasteiger partial charge in [-0.3, -0.25) is 5.10 Å². The fourth-order valence-electron chi connectivity index (χ4n) is 4.05. The number of aromatic nitrogens is 3. The van der Waals surface area contributed by atoms with Gasteiger partial charge in [0.25, 0.3) is 0 Å². The van der Waals surface area contributed by atoms with Gasteiger partial charge in [0.1, 0.15) is 11.7 Å². The Morgan fingerprint density at radius 3 is 3.08 bits per heavy atom. The van der Waals surface area contributed by atoms with E-state index in [0.717, 1.165) is 36.4 Å². The highest BCUT2D eigenvalue weighted by Gasteiger charge is 2.34. The van der Waals surface area contributed by atoms with Crippen LogP contribution in [-0.2, 0) is 0 Å². The highest BCUT2D eigenvalue weighted by molar-refractivity contribution is 5.94. The predicted octanol–water partition coefficient (Wildman–Crippen LogP) is 3.49. The highest BCUT2D eigenvalue weighted by Crippen LogP contribution is 2.40. The summed E-state index contributed by atoms with van der Waals surface area (Å²) in [5, 5.41) is 15.8. The topological polar surface area (TPSA) is 78.4 Å². The van der Waals surface area contributed by atoms with E-state index in [1.54, 1.807) is 0 Å². The van der Waals surface area contributed by atoms with Gasteiger partial charge in [-0.2, -0.15) is 5.10 Å². The van der Waals surface area contributed by atoms with Crippen LogP contribution in [0.2, 0.25) is 0 Å². The standard InChI is InChI=1S/C21H19N5/c1-2-14-11-18(24-19(14)21-17(3-1)23-21)20-15-10-13(4-5-16(15)25-26-20)12-6-8-22-9-7-12/h1-6,10-11,21-24H,7-9H2,(H,25,26). The molecule has 3 aromatic rings. The van der Waals surface area contributed by atoms with Gasteiger partial charge in [-0.25, -0.2) is 0 Å². The predicted molar refractivity (Wildman–Crippen MR) is 104 cm³/mol. The molecule has 5 heteroatoms. The summed E-state index contributed by atoms with van der Waals surface area (Å²) in [4.78, 5) is 3.60. The zero-order chi connectivity index (χ0) is 17.1. The number of allylic oxidation sites excluding steroid dienone is 2. The van der Waals surface area contributed by atoms with Crippen LogP contribution < -0.4 is 10.6 Å². The Balaban J connectivity index is 1.47. The minimum Gasteiger partial charge on any atom is -0.373 e. The molecule has 1 unspecified atom stereocenters. The molecule has 1 aliphatic carbocycles. The molecule has 1 fully saturated rings. The normalized spacial score (nSPS) is 20.7. The van der Waals surface area contributed by atoms with Gasteiger partial charge in [-0.05, 0) is 53.9 Å². The van der Waals surface area contributed by atoms with Gasteiger partial charge in [0.05, 0.1) is 16.9 Å². The Bertz CT molecular complexity index is 1120. The highest BCUT2D eigenvalue weighted by atomic mass is 15.1. The molecule has 128 valence electrons. The average molecular weight is 341 g/mol. The SMILES string of the molecule is C1=Cc2cc(-c3n[nH]c4ccc(C5=CCNCC5)cc34)[nH]c2C2NC2=C1. The third kappa shape index (κ3) is 2.10. The molecule has 5 nitrogen and oxygen atoms in total. The molecule has 0 bridgehead atoms. The summed E-state index contributed by atoms with van der Waals surface area (Å²) < 4.78 is 0. The molecule has 0 saturated carbocycles. The summed E-state index contributed by atoms with van der Waals surface area (Å²) in [5.41, 5.74) is 9.58. The first-order chi connectivity index (χ1) is 12.9. The van der Waals surface area contributed by atoms with E-state index in [9.17, 15) is 0 Å². The first-order valence-corrected chi connectivity index (χ1v) is 9.13. The number of aromatic amines is 2. The molecule has 4 heterocycles. The van der Waals surface area contributed by atoms with E-state index >= 15 is 0 Å². The van der Waals surface area contributed by atoms with Crippen molar-refractivity contribution in [1.29, 1.82) is 0 Å². The van der Waals surface area contributed by atoms with Crippen LogP contribution in [0, 0.1) is 0 Å². The maximum absolute atomic E-state index is 4.61. The largest absolute Gasteiger partial charge is 0.373 e. The molecule has 0 radical (unpaired) electrons. The molecule has 2 aliphatic heterocycles. The lowest BCUT2D eigenvalue weighted by Gasteiger charge is -2.14. The summed E-state index contributed by atoms with van der Waals surface area (Å²) in [5.74, 6) is 0. The zero-order valence-electron chi connectivity index (χ0n) is 14.3. The number of rotatable bonds is 2. The van der Waals surface area contributed by atoms with Crippen molar-refractivity contribution >= 4 is 22.6 Å². The lowest BCUT2D eigenvalue weighted by atomic mass is 9.98. The first kappa shape index (κ1) is 14.2. The van der Waals surface area contributed by atoms with Gasteiger partial charge >= 0.3 is 0 Å². The molecule has 2 aromatic heterocycles. The third-order valence-corrected chi connectivity index (χ3v) is 5.51. The summed E-state index contributed by atoms with van der Waals surface area (Å²) in [7, 11) is 0. The number of benzene rings is 1. The van der Waals surface area contributed by atoms with E-state index in [1.165, 1.54) is 33.5 Å². The minimum atomic E-state index is 0.328. The Morgan fingerprint density at radius 2 is 2.15 bits per heavy atom. The second-order valence-corrected chi connectivity index (χ2v) is 7.13. The Labute approximate surface area is 150 Å². The number of fused-ring (bicyclic) bond motifs is 4. The van der Waals surface area contributed by atoms with Gasteiger partial charge in [0.2, 0.25) is 0 Å². The molecule has 0 amide bonds. The van der Waals surface area contributed by atoms with Crippen molar-refractivity contribution in [3.05, 3.63) is 65.0 Å². The van der Waals surface area contributed by atoms with Crippen molar-refractivity contribution in [2.45, 2.75) is 12.5 Å². The van der Waals surface area contributed by atoms with Crippen LogP contribution in [0.25, 0.3) is 33.9 Å². The first-order valence-electron chi connectivity index (χ1n) is 9.13. The Morgan fingerprint density at radius 1 is 1.15 bits per heavy atom. The van der Waals surface area contributed by atoms with Crippen LogP contribution in [0.3, 0.4) is 0 Å². The van der Waals surface area contributed by atoms with Crippen molar-refractivity contribution < 1.29 is 0 Å². The molecule has 4 N–H and O–H groups in total. The molecule has 0 spiro atoms. The van der Waals surface area contributed by atoms with E-state index in [1.807, 2.05) is 0 Å². The molecule has 1 atom stereocenters. The van der Waals surface area contributed by atoms with E-state index < -0.39 is 0 Å². The second kappa shape index (κ2) is 5.22. The van der Waals surface area contributed by atoms with Crippen molar-refractivity contribution in [3.8, 4) is 11.4 Å². The van der Waals surface area contributed by atoms with E-state index in [0.29, 0.717) is 6.04 Å². The van der Waals surface area contributed by atoms with Crippen molar-refractivity contribution in [3.63, 3.8) is 0 Å². The number of nitrogens with one attached hydrogen (secondary N) is 4. The smallest absolute Gasteiger partial charge is 0.116 e. The molecule has 1 aromatic carbocycles. The summed E-state index contributed by atoms with van der Waals surface area (Å²) in [6.45, 7) is 1.99. The van der Waals surface area contributed by atoms with Crippen molar-refractivity contribution in [1.82, 2.24) is 25.8 Å². The Kier molecular flexibility index (Phi) is 2.84. The van der Waals surface area contributed by atoms with Crippen LogP contribution >= 0.6 is 0 Å². The summed E-state index contributed by atoms with van der Waals surface area (Å²) >= 11 is 0. The minimum absolute atomic E-state index is 0.328. The van der Waals surface area contributed by atoms with Gasteiger partial charge in [0, 0.05) is 17.6 Å². The molecular weight excluding hydrogens is 322 g/mol. The van der Waals surface area contributed by atoms with Gasteiger partial charge in [-0.1, -0.05) is 24.3 Å². The van der Waals surface area contributed by atoms with Crippen molar-refractivity contribution in [2.24, 2.45) is 0 Å². The molecular formula is C21H19N5. The third-order valence-electron chi connectivity index (χ3n) is 5.51. The van der Waals surface area contributed by atoms with E-state index in [2.05, 4.69) is 74.4 Å². The maximum atomic E-state index is 4.61. The Hall–Kier alpha value is -3.05. The number of hydrogen-bond donors (Lipinski definition) is 4. The van der Waals surface area contributed by atoms with Gasteiger partial charge < -0.3 is 15.6 Å². The molecule has 3 aliphatic rings. The van der Waals surface area contributed by atoms with E-state index in [4.69, 9.17) is 0 Å². The van der Waals surface area contributed by atoms with Crippen LogP contribution in [0.1, 0.15) is 29.3 Å². The number of hydrogen-bond acceptors (Lipinski definition) is 3. The fraction of sp³-hybridized carbons (Fsp3) is 0.190. The quantitative estimate of drug-likeness (QED) is 0.539. The number of nitrogens with zero attached hydrogens (tertiary/aromatic N) is 1. The van der Waals surface area contributed by atoms with Crippen LogP contribution in [0.4, 0.5) is 0 Å². The zero-order valence-corrected chi connectivity index (χ0v) is 14.3. The summed E-state index contributed by atoms with van der Waals surface area (Å²) in [6, 6.07) is 9.14. The van der Waals surface area contributed by atoms with Crippen LogP contribution in [-0.4, -0.2) is 28.3 Å². The lowest BCUT2D eigenvalue weighted by molar-refractivity contribution is 0.739. The van der Waals surface area contributed by atoms with E-state index in [-0.39, 0.29) is 0 Å². The van der Waals surface area contributed by atoms with Crippen LogP contribution in [0.5, 0.6) is 0 Å². The second-order valence-electron chi connectivity index (χ2n) is 7.13. The maximum Gasteiger partial charge on any atom is 0.116 e. The van der Waals surface area contributed by atoms with Gasteiger partial charge in [0.15, 0.2) is 0 Å².